The van der Waals surface area contributed by atoms with Crippen molar-refractivity contribution < 1.29 is 0 Å². The fraction of sp³-hybridized carbons (Fsp3) is 0.250. The zero-order valence-electron chi connectivity index (χ0n) is 15.1. The van der Waals surface area contributed by atoms with E-state index in [9.17, 15) is 0 Å². The summed E-state index contributed by atoms with van der Waals surface area (Å²) in [4.78, 5) is 20.5. The maximum atomic E-state index is 4.77. The maximum Gasteiger partial charge on any atom is 0.252 e. The van der Waals surface area contributed by atoms with Crippen molar-refractivity contribution in [2.24, 2.45) is 0 Å². The molecule has 7 heteroatoms. The average molecular weight is 357 g/mol. The summed E-state index contributed by atoms with van der Waals surface area (Å²) in [5.74, 6) is 2.04. The molecule has 0 unspecified atom stereocenters. The predicted octanol–water partition coefficient (Wildman–Crippen LogP) is 3.16. The molecule has 7 nitrogen and oxygen atoms in total. The van der Waals surface area contributed by atoms with Gasteiger partial charge in [-0.25, -0.2) is 19.5 Å². The molecule has 0 radical (unpaired) electrons. The van der Waals surface area contributed by atoms with E-state index in [0.29, 0.717) is 11.6 Å². The Bertz CT molecular complexity index is 1100. The van der Waals surface area contributed by atoms with Crippen LogP contribution in [0, 0.1) is 6.92 Å². The van der Waals surface area contributed by atoms with Crippen molar-refractivity contribution in [1.29, 1.82) is 0 Å². The van der Waals surface area contributed by atoms with Crippen LogP contribution in [0.15, 0.2) is 48.8 Å². The molecule has 0 aliphatic carbocycles. The Labute approximate surface area is 156 Å². The zero-order valence-corrected chi connectivity index (χ0v) is 15.1. The Morgan fingerprint density at radius 2 is 1.74 bits per heavy atom. The third-order valence-electron chi connectivity index (χ3n) is 4.95. The van der Waals surface area contributed by atoms with Crippen LogP contribution in [0.4, 0.5) is 5.95 Å². The highest BCUT2D eigenvalue weighted by Crippen LogP contribution is 2.25. The monoisotopic (exact) mass is 357 g/mol. The van der Waals surface area contributed by atoms with Gasteiger partial charge in [0.25, 0.3) is 5.78 Å². The Kier molecular flexibility index (Phi) is 3.78. The first kappa shape index (κ1) is 15.9. The van der Waals surface area contributed by atoms with Crippen LogP contribution in [-0.2, 0) is 0 Å². The molecular formula is C20H19N7. The molecule has 0 atom stereocenters. The number of hydrogen-bond donors (Lipinski definition) is 0. The van der Waals surface area contributed by atoms with Crippen LogP contribution >= 0.6 is 0 Å². The topological polar surface area (TPSA) is 72.1 Å². The summed E-state index contributed by atoms with van der Waals surface area (Å²) < 4.78 is 1.79. The molecule has 5 rings (SSSR count). The summed E-state index contributed by atoms with van der Waals surface area (Å²) in [6.45, 7) is 4.05. The first-order valence-corrected chi connectivity index (χ1v) is 9.16. The first-order chi connectivity index (χ1) is 13.3. The Morgan fingerprint density at radius 3 is 2.56 bits per heavy atom. The van der Waals surface area contributed by atoms with Gasteiger partial charge in [0.15, 0.2) is 5.82 Å². The normalized spacial score (nSPS) is 14.2. The van der Waals surface area contributed by atoms with E-state index in [1.54, 1.807) is 4.52 Å². The fourth-order valence-corrected chi connectivity index (χ4v) is 3.47. The summed E-state index contributed by atoms with van der Waals surface area (Å²) >= 11 is 0. The number of benzene rings is 1. The summed E-state index contributed by atoms with van der Waals surface area (Å²) in [6, 6.07) is 11.9. The third-order valence-corrected chi connectivity index (χ3v) is 4.95. The lowest BCUT2D eigenvalue weighted by molar-refractivity contribution is 0.887. The first-order valence-electron chi connectivity index (χ1n) is 9.16. The van der Waals surface area contributed by atoms with E-state index in [0.717, 1.165) is 41.6 Å². The van der Waals surface area contributed by atoms with Crippen LogP contribution in [0.1, 0.15) is 18.5 Å². The molecule has 27 heavy (non-hydrogen) atoms. The highest BCUT2D eigenvalue weighted by molar-refractivity contribution is 5.64. The van der Waals surface area contributed by atoms with Crippen molar-refractivity contribution in [1.82, 2.24) is 29.5 Å². The van der Waals surface area contributed by atoms with E-state index in [4.69, 9.17) is 4.98 Å². The molecule has 3 aromatic heterocycles. The van der Waals surface area contributed by atoms with Crippen LogP contribution in [0.2, 0.25) is 0 Å². The lowest BCUT2D eigenvalue weighted by Crippen LogP contribution is -2.20. The summed E-state index contributed by atoms with van der Waals surface area (Å²) in [5, 5.41) is 4.66. The summed E-state index contributed by atoms with van der Waals surface area (Å²) in [6.07, 6.45) is 6.03. The van der Waals surface area contributed by atoms with Crippen LogP contribution in [0.3, 0.4) is 0 Å². The highest BCUT2D eigenvalue weighted by Gasteiger charge is 2.17. The van der Waals surface area contributed by atoms with Crippen LogP contribution in [-0.4, -0.2) is 42.6 Å². The molecule has 1 saturated heterocycles. The lowest BCUT2D eigenvalue weighted by Gasteiger charge is -2.15. The number of anilines is 1. The molecule has 0 bridgehead atoms. The average Bonchev–Trinajstić information content (AvgIpc) is 3.40. The maximum absolute atomic E-state index is 4.77. The highest BCUT2D eigenvalue weighted by atomic mass is 15.3. The molecule has 1 aromatic carbocycles. The largest absolute Gasteiger partial charge is 0.341 e. The Hall–Kier alpha value is -3.35. The van der Waals surface area contributed by atoms with Gasteiger partial charge in [-0.15, -0.1) is 5.10 Å². The Morgan fingerprint density at radius 1 is 0.926 bits per heavy atom. The van der Waals surface area contributed by atoms with E-state index >= 15 is 0 Å². The minimum Gasteiger partial charge on any atom is -0.341 e. The molecule has 0 amide bonds. The van der Waals surface area contributed by atoms with Crippen molar-refractivity contribution in [3.05, 3.63) is 54.5 Å². The van der Waals surface area contributed by atoms with E-state index in [1.165, 1.54) is 12.8 Å². The van der Waals surface area contributed by atoms with Crippen molar-refractivity contribution >= 4 is 11.7 Å². The smallest absolute Gasteiger partial charge is 0.252 e. The predicted molar refractivity (Wildman–Crippen MR) is 103 cm³/mol. The van der Waals surface area contributed by atoms with Gasteiger partial charge >= 0.3 is 0 Å². The third kappa shape index (κ3) is 2.81. The second-order valence-electron chi connectivity index (χ2n) is 6.71. The standard InChI is InChI=1S/C20H19N7/c1-14-16(17-9-10-21-19(23-17)26-11-5-6-12-26)13-22-20-24-18(25-27(14)20)15-7-3-2-4-8-15/h2-4,7-10,13H,5-6,11-12H2,1H3. The molecular weight excluding hydrogens is 338 g/mol. The van der Waals surface area contributed by atoms with Crippen molar-refractivity contribution in [3.8, 4) is 22.6 Å². The number of nitrogens with zero attached hydrogens (tertiary/aromatic N) is 7. The van der Waals surface area contributed by atoms with Gasteiger partial charge in [0, 0.05) is 36.6 Å². The van der Waals surface area contributed by atoms with Gasteiger partial charge < -0.3 is 4.90 Å². The molecule has 134 valence electrons. The van der Waals surface area contributed by atoms with Gasteiger partial charge in [0.05, 0.1) is 11.4 Å². The molecule has 1 aliphatic rings. The number of fused-ring (bicyclic) bond motifs is 1. The van der Waals surface area contributed by atoms with Gasteiger partial charge in [0.2, 0.25) is 5.95 Å². The van der Waals surface area contributed by atoms with Gasteiger partial charge in [-0.3, -0.25) is 0 Å². The van der Waals surface area contributed by atoms with Gasteiger partial charge in [-0.1, -0.05) is 30.3 Å². The van der Waals surface area contributed by atoms with Crippen molar-refractivity contribution in [3.63, 3.8) is 0 Å². The van der Waals surface area contributed by atoms with Crippen molar-refractivity contribution in [2.45, 2.75) is 19.8 Å². The quantitative estimate of drug-likeness (QED) is 0.561. The van der Waals surface area contributed by atoms with E-state index in [1.807, 2.05) is 55.7 Å². The van der Waals surface area contributed by atoms with Gasteiger partial charge in [-0.05, 0) is 25.8 Å². The SMILES string of the molecule is Cc1c(-c2ccnc(N3CCCC3)n2)cnc2nc(-c3ccccc3)nn12. The van der Waals surface area contributed by atoms with E-state index in [2.05, 4.69) is 25.0 Å². The zero-order chi connectivity index (χ0) is 18.2. The molecule has 4 aromatic rings. The Balaban J connectivity index is 1.58. The van der Waals surface area contributed by atoms with Crippen molar-refractivity contribution in [2.75, 3.05) is 18.0 Å². The van der Waals surface area contributed by atoms with Crippen LogP contribution in [0.5, 0.6) is 0 Å². The summed E-state index contributed by atoms with van der Waals surface area (Å²) in [7, 11) is 0. The molecule has 0 saturated carbocycles. The van der Waals surface area contributed by atoms with E-state index < -0.39 is 0 Å². The fourth-order valence-electron chi connectivity index (χ4n) is 3.47. The van der Waals surface area contributed by atoms with Gasteiger partial charge in [0.1, 0.15) is 0 Å². The molecule has 1 aliphatic heterocycles. The number of aromatic nitrogens is 6. The van der Waals surface area contributed by atoms with Crippen LogP contribution in [0.25, 0.3) is 28.4 Å². The number of rotatable bonds is 3. The molecule has 4 heterocycles. The minimum atomic E-state index is 0.587. The second-order valence-corrected chi connectivity index (χ2v) is 6.71. The minimum absolute atomic E-state index is 0.587. The summed E-state index contributed by atoms with van der Waals surface area (Å²) in [5.41, 5.74) is 3.73. The molecule has 0 N–H and O–H groups in total. The molecule has 0 spiro atoms. The van der Waals surface area contributed by atoms with E-state index in [-0.39, 0.29) is 0 Å². The van der Waals surface area contributed by atoms with Crippen LogP contribution < -0.4 is 4.90 Å². The number of aryl methyl sites for hydroxylation is 1. The van der Waals surface area contributed by atoms with Gasteiger partial charge in [-0.2, -0.15) is 4.98 Å². The second kappa shape index (κ2) is 6.42. The lowest BCUT2D eigenvalue weighted by atomic mass is 10.2. The molecule has 1 fully saturated rings. The number of hydrogen-bond acceptors (Lipinski definition) is 6.